The maximum absolute atomic E-state index is 13.1. The first-order valence-corrected chi connectivity index (χ1v) is 10.5. The van der Waals surface area contributed by atoms with Crippen LogP contribution in [0.1, 0.15) is 44.2 Å². The number of carbonyl (C=O) groups excluding carboxylic acids is 1. The Kier molecular flexibility index (Phi) is 5.09. The number of thiophene rings is 1. The molecule has 1 amide bonds. The van der Waals surface area contributed by atoms with Gasteiger partial charge in [0.05, 0.1) is 11.3 Å². The largest absolute Gasteiger partial charge is 0.361 e. The molecule has 2 aliphatic rings. The quantitative estimate of drug-likeness (QED) is 0.806. The Labute approximate surface area is 164 Å². The third-order valence-electron chi connectivity index (χ3n) is 6.05. The van der Waals surface area contributed by atoms with E-state index < -0.39 is 0 Å². The second-order valence-electron chi connectivity index (χ2n) is 7.94. The van der Waals surface area contributed by atoms with E-state index in [4.69, 9.17) is 4.52 Å². The normalized spacial score (nSPS) is 20.8. The zero-order valence-electron chi connectivity index (χ0n) is 16.6. The molecule has 4 rings (SSSR count). The van der Waals surface area contributed by atoms with E-state index in [-0.39, 0.29) is 5.91 Å². The number of likely N-dealkylation sites (tertiary alicyclic amines) is 1. The van der Waals surface area contributed by atoms with E-state index in [1.807, 2.05) is 25.8 Å². The molecule has 2 aliphatic heterocycles. The predicted molar refractivity (Wildman–Crippen MR) is 106 cm³/mol. The summed E-state index contributed by atoms with van der Waals surface area (Å²) in [4.78, 5) is 21.1. The second kappa shape index (κ2) is 7.37. The first-order valence-electron chi connectivity index (χ1n) is 9.63. The summed E-state index contributed by atoms with van der Waals surface area (Å²) in [5.41, 5.74) is 4.35. The van der Waals surface area contributed by atoms with Crippen molar-refractivity contribution in [2.75, 3.05) is 33.7 Å². The molecular weight excluding hydrogens is 360 g/mol. The summed E-state index contributed by atoms with van der Waals surface area (Å²) >= 11 is 1.73. The number of aromatic nitrogens is 1. The highest BCUT2D eigenvalue weighted by atomic mass is 32.1. The summed E-state index contributed by atoms with van der Waals surface area (Å²) in [6.07, 6.45) is 2.00. The lowest BCUT2D eigenvalue weighted by Gasteiger charge is -2.28. The molecule has 0 N–H and O–H groups in total. The third kappa shape index (κ3) is 3.56. The van der Waals surface area contributed by atoms with Crippen LogP contribution in [0.4, 0.5) is 0 Å². The van der Waals surface area contributed by atoms with Gasteiger partial charge in [-0.2, -0.15) is 0 Å². The number of rotatable bonds is 4. The minimum atomic E-state index is 0.187. The van der Waals surface area contributed by atoms with Crippen LogP contribution in [0.3, 0.4) is 0 Å². The zero-order chi connectivity index (χ0) is 19.1. The maximum atomic E-state index is 13.1. The van der Waals surface area contributed by atoms with Crippen LogP contribution in [-0.4, -0.2) is 65.5 Å². The monoisotopic (exact) mass is 388 g/mol. The van der Waals surface area contributed by atoms with Crippen molar-refractivity contribution in [2.24, 2.45) is 0 Å². The predicted octanol–water partition coefficient (Wildman–Crippen LogP) is 2.69. The number of nitrogens with zero attached hydrogens (tertiary/aromatic N) is 4. The van der Waals surface area contributed by atoms with Crippen LogP contribution in [0.2, 0.25) is 0 Å². The van der Waals surface area contributed by atoms with Gasteiger partial charge in [-0.3, -0.25) is 9.69 Å². The molecule has 1 atom stereocenters. The van der Waals surface area contributed by atoms with Crippen LogP contribution in [-0.2, 0) is 19.5 Å². The highest BCUT2D eigenvalue weighted by molar-refractivity contribution is 7.10. The van der Waals surface area contributed by atoms with Crippen molar-refractivity contribution in [3.8, 4) is 0 Å². The van der Waals surface area contributed by atoms with E-state index >= 15 is 0 Å². The van der Waals surface area contributed by atoms with Crippen molar-refractivity contribution in [1.29, 1.82) is 0 Å². The summed E-state index contributed by atoms with van der Waals surface area (Å²) in [6.45, 7) is 8.73. The molecule has 0 saturated carbocycles. The van der Waals surface area contributed by atoms with Crippen molar-refractivity contribution in [3.63, 3.8) is 0 Å². The molecule has 1 fully saturated rings. The lowest BCUT2D eigenvalue weighted by Crippen LogP contribution is -2.39. The first-order chi connectivity index (χ1) is 12.9. The SMILES string of the molecule is Cc1noc(C)c1CN1CCc2c(C(=O)N(C)[C@@H]3CCN(C)C3)csc2C1. The molecule has 146 valence electrons. The molecule has 0 radical (unpaired) electrons. The van der Waals surface area contributed by atoms with Gasteiger partial charge >= 0.3 is 0 Å². The lowest BCUT2D eigenvalue weighted by molar-refractivity contribution is 0.0736. The molecule has 4 heterocycles. The summed E-state index contributed by atoms with van der Waals surface area (Å²) in [5, 5.41) is 6.13. The molecule has 7 heteroatoms. The van der Waals surface area contributed by atoms with Gasteiger partial charge in [0, 0.05) is 55.1 Å². The van der Waals surface area contributed by atoms with Crippen LogP contribution >= 0.6 is 11.3 Å². The number of likely N-dealkylation sites (N-methyl/N-ethyl adjacent to an activating group) is 2. The number of hydrogen-bond acceptors (Lipinski definition) is 6. The number of aryl methyl sites for hydroxylation is 2. The smallest absolute Gasteiger partial charge is 0.255 e. The number of hydrogen-bond donors (Lipinski definition) is 0. The minimum Gasteiger partial charge on any atom is -0.361 e. The van der Waals surface area contributed by atoms with Crippen LogP contribution in [0.15, 0.2) is 9.90 Å². The molecule has 0 aliphatic carbocycles. The van der Waals surface area contributed by atoms with Crippen molar-refractivity contribution in [2.45, 2.75) is 45.8 Å². The summed E-state index contributed by atoms with van der Waals surface area (Å²) in [5.74, 6) is 1.09. The fraction of sp³-hybridized carbons (Fsp3) is 0.600. The van der Waals surface area contributed by atoms with Crippen LogP contribution < -0.4 is 0 Å². The molecule has 0 spiro atoms. The summed E-state index contributed by atoms with van der Waals surface area (Å²) < 4.78 is 5.30. The molecule has 0 bridgehead atoms. The van der Waals surface area contributed by atoms with Gasteiger partial charge in [0.2, 0.25) is 0 Å². The van der Waals surface area contributed by atoms with E-state index in [1.165, 1.54) is 16.0 Å². The molecule has 2 aromatic rings. The molecule has 1 saturated heterocycles. The van der Waals surface area contributed by atoms with Gasteiger partial charge in [-0.05, 0) is 45.8 Å². The Morgan fingerprint density at radius 1 is 1.41 bits per heavy atom. The standard InChI is InChI=1S/C20H28N4O2S/c1-13-17(14(2)26-21-13)10-24-8-6-16-18(12-27-19(16)11-24)20(25)23(4)15-5-7-22(3)9-15/h12,15H,5-11H2,1-4H3/t15-/m1/s1. The molecule has 2 aromatic heterocycles. The van der Waals surface area contributed by atoms with Crippen molar-refractivity contribution in [3.05, 3.63) is 38.4 Å². The van der Waals surface area contributed by atoms with E-state index in [1.54, 1.807) is 11.3 Å². The Hall–Kier alpha value is -1.70. The van der Waals surface area contributed by atoms with Gasteiger partial charge in [0.25, 0.3) is 5.91 Å². The van der Waals surface area contributed by atoms with Gasteiger partial charge < -0.3 is 14.3 Å². The molecule has 27 heavy (non-hydrogen) atoms. The first kappa shape index (κ1) is 18.7. The highest BCUT2D eigenvalue weighted by Crippen LogP contribution is 2.31. The third-order valence-corrected chi connectivity index (χ3v) is 7.07. The highest BCUT2D eigenvalue weighted by Gasteiger charge is 2.31. The fourth-order valence-corrected chi connectivity index (χ4v) is 5.35. The number of carbonyl (C=O) groups is 1. The molecule has 0 unspecified atom stereocenters. The van der Waals surface area contributed by atoms with Gasteiger partial charge in [-0.15, -0.1) is 11.3 Å². The van der Waals surface area contributed by atoms with Crippen molar-refractivity contribution in [1.82, 2.24) is 19.9 Å². The Bertz CT molecular complexity index is 824. The summed E-state index contributed by atoms with van der Waals surface area (Å²) in [6, 6.07) is 0.331. The van der Waals surface area contributed by atoms with Crippen LogP contribution in [0, 0.1) is 13.8 Å². The molecule has 0 aromatic carbocycles. The Morgan fingerprint density at radius 2 is 2.22 bits per heavy atom. The van der Waals surface area contributed by atoms with Crippen molar-refractivity contribution >= 4 is 17.2 Å². The topological polar surface area (TPSA) is 52.8 Å². The fourth-order valence-electron chi connectivity index (χ4n) is 4.23. The average Bonchev–Trinajstić information content (AvgIpc) is 3.35. The molecule has 6 nitrogen and oxygen atoms in total. The van der Waals surface area contributed by atoms with E-state index in [0.29, 0.717) is 6.04 Å². The minimum absolute atomic E-state index is 0.187. The van der Waals surface area contributed by atoms with Crippen LogP contribution in [0.25, 0.3) is 0 Å². The van der Waals surface area contributed by atoms with E-state index in [9.17, 15) is 4.79 Å². The molecular formula is C20H28N4O2S. The van der Waals surface area contributed by atoms with Crippen LogP contribution in [0.5, 0.6) is 0 Å². The Balaban J connectivity index is 1.46. The van der Waals surface area contributed by atoms with Crippen molar-refractivity contribution < 1.29 is 9.32 Å². The second-order valence-corrected chi connectivity index (χ2v) is 8.90. The van der Waals surface area contributed by atoms with Gasteiger partial charge in [0.15, 0.2) is 0 Å². The number of fused-ring (bicyclic) bond motifs is 1. The van der Waals surface area contributed by atoms with Gasteiger partial charge in [-0.25, -0.2) is 0 Å². The van der Waals surface area contributed by atoms with E-state index in [2.05, 4.69) is 27.4 Å². The van der Waals surface area contributed by atoms with Gasteiger partial charge in [-0.1, -0.05) is 5.16 Å². The lowest BCUT2D eigenvalue weighted by atomic mass is 10.0. The van der Waals surface area contributed by atoms with Gasteiger partial charge in [0.1, 0.15) is 5.76 Å². The Morgan fingerprint density at radius 3 is 2.89 bits per heavy atom. The zero-order valence-corrected chi connectivity index (χ0v) is 17.4. The average molecular weight is 389 g/mol. The maximum Gasteiger partial charge on any atom is 0.255 e. The number of amides is 1. The summed E-state index contributed by atoms with van der Waals surface area (Å²) in [7, 11) is 4.08. The van der Waals surface area contributed by atoms with E-state index in [0.717, 1.165) is 62.6 Å².